The van der Waals surface area contributed by atoms with Crippen LogP contribution in [0.5, 0.6) is 0 Å². The summed E-state index contributed by atoms with van der Waals surface area (Å²) in [6.45, 7) is 0. The van der Waals surface area contributed by atoms with E-state index in [0.29, 0.717) is 12.4 Å². The minimum atomic E-state index is 0.0797. The van der Waals surface area contributed by atoms with Crippen LogP contribution in [0, 0.1) is 0 Å². The van der Waals surface area contributed by atoms with E-state index in [1.165, 1.54) is 0 Å². The predicted molar refractivity (Wildman–Crippen MR) is 65.4 cm³/mol. The topological polar surface area (TPSA) is 83.8 Å². The van der Waals surface area contributed by atoms with E-state index in [2.05, 4.69) is 21.4 Å². The molecule has 5 heteroatoms. The standard InChI is InChI=1S/C12H12N4O/c13-12-14-6-10(16-12)8-1-3-9-7(5-8)2-4-11(17)15-9/h1,3,5-6H,2,4H2,(H,15,17)(H3,13,14,16). The maximum atomic E-state index is 11.2. The number of carbonyl (C=O) groups is 1. The minimum Gasteiger partial charge on any atom is -0.369 e. The third-order valence-corrected chi connectivity index (χ3v) is 2.91. The molecule has 2 aromatic rings. The van der Waals surface area contributed by atoms with Gasteiger partial charge >= 0.3 is 0 Å². The molecule has 0 atom stereocenters. The molecule has 17 heavy (non-hydrogen) atoms. The second-order valence-corrected chi connectivity index (χ2v) is 4.10. The van der Waals surface area contributed by atoms with Crippen molar-refractivity contribution in [2.45, 2.75) is 12.8 Å². The van der Waals surface area contributed by atoms with Crippen LogP contribution in [0.25, 0.3) is 11.3 Å². The number of hydrogen-bond acceptors (Lipinski definition) is 3. The molecule has 0 unspecified atom stereocenters. The Morgan fingerprint density at radius 3 is 2.94 bits per heavy atom. The predicted octanol–water partition coefficient (Wildman–Crippen LogP) is 1.54. The van der Waals surface area contributed by atoms with Gasteiger partial charge in [-0.25, -0.2) is 4.98 Å². The fourth-order valence-electron chi connectivity index (χ4n) is 2.03. The molecule has 2 heterocycles. The van der Waals surface area contributed by atoms with Gasteiger partial charge in [-0.15, -0.1) is 0 Å². The summed E-state index contributed by atoms with van der Waals surface area (Å²) < 4.78 is 0. The van der Waals surface area contributed by atoms with Gasteiger partial charge in [-0.2, -0.15) is 0 Å². The van der Waals surface area contributed by atoms with Gasteiger partial charge in [-0.05, 0) is 24.1 Å². The van der Waals surface area contributed by atoms with Crippen LogP contribution in [0.3, 0.4) is 0 Å². The molecule has 0 spiro atoms. The second kappa shape index (κ2) is 3.62. The first-order chi connectivity index (χ1) is 8.22. The summed E-state index contributed by atoms with van der Waals surface area (Å²) in [5.74, 6) is 0.488. The summed E-state index contributed by atoms with van der Waals surface area (Å²) in [5.41, 5.74) is 9.52. The van der Waals surface area contributed by atoms with E-state index >= 15 is 0 Å². The van der Waals surface area contributed by atoms with Gasteiger partial charge in [0.2, 0.25) is 5.91 Å². The summed E-state index contributed by atoms with van der Waals surface area (Å²) in [6, 6.07) is 5.91. The van der Waals surface area contributed by atoms with Crippen molar-refractivity contribution in [1.82, 2.24) is 9.97 Å². The molecule has 0 bridgehead atoms. The number of nitrogens with two attached hydrogens (primary N) is 1. The molecule has 1 aromatic carbocycles. The van der Waals surface area contributed by atoms with E-state index in [-0.39, 0.29) is 5.91 Å². The molecule has 0 saturated heterocycles. The van der Waals surface area contributed by atoms with Crippen LogP contribution in [0.4, 0.5) is 11.6 Å². The van der Waals surface area contributed by atoms with E-state index in [1.54, 1.807) is 6.20 Å². The van der Waals surface area contributed by atoms with E-state index in [9.17, 15) is 4.79 Å². The molecule has 0 fully saturated rings. The Labute approximate surface area is 98.1 Å². The minimum absolute atomic E-state index is 0.0797. The monoisotopic (exact) mass is 228 g/mol. The number of nitrogens with one attached hydrogen (secondary N) is 2. The van der Waals surface area contributed by atoms with Crippen LogP contribution in [0.15, 0.2) is 24.4 Å². The Balaban J connectivity index is 2.01. The average molecular weight is 228 g/mol. The Morgan fingerprint density at radius 2 is 2.18 bits per heavy atom. The highest BCUT2D eigenvalue weighted by Gasteiger charge is 2.15. The van der Waals surface area contributed by atoms with Gasteiger partial charge in [-0.1, -0.05) is 6.07 Å². The number of aromatic nitrogens is 2. The van der Waals surface area contributed by atoms with Gasteiger partial charge < -0.3 is 16.0 Å². The Bertz CT molecular complexity index is 588. The van der Waals surface area contributed by atoms with Gasteiger partial charge in [0, 0.05) is 17.7 Å². The highest BCUT2D eigenvalue weighted by molar-refractivity contribution is 5.94. The summed E-state index contributed by atoms with van der Waals surface area (Å²) in [4.78, 5) is 18.2. The first-order valence-electron chi connectivity index (χ1n) is 5.46. The van der Waals surface area contributed by atoms with Crippen LogP contribution in [-0.2, 0) is 11.2 Å². The maximum absolute atomic E-state index is 11.2. The van der Waals surface area contributed by atoms with Crippen molar-refractivity contribution in [3.63, 3.8) is 0 Å². The number of aryl methyl sites for hydroxylation is 1. The van der Waals surface area contributed by atoms with Crippen LogP contribution < -0.4 is 11.1 Å². The van der Waals surface area contributed by atoms with Crippen molar-refractivity contribution in [3.8, 4) is 11.3 Å². The lowest BCUT2D eigenvalue weighted by molar-refractivity contribution is -0.116. The van der Waals surface area contributed by atoms with Crippen LogP contribution >= 0.6 is 0 Å². The number of nitrogens with zero attached hydrogens (tertiary/aromatic N) is 1. The number of rotatable bonds is 1. The number of hydrogen-bond donors (Lipinski definition) is 3. The quantitative estimate of drug-likeness (QED) is 0.692. The largest absolute Gasteiger partial charge is 0.369 e. The number of benzene rings is 1. The van der Waals surface area contributed by atoms with E-state index in [4.69, 9.17) is 5.73 Å². The van der Waals surface area contributed by atoms with Gasteiger partial charge in [0.1, 0.15) is 0 Å². The van der Waals surface area contributed by atoms with Gasteiger partial charge in [-0.3, -0.25) is 4.79 Å². The SMILES string of the molecule is Nc1ncc(-c2ccc3c(c2)CCC(=O)N3)[nH]1. The summed E-state index contributed by atoms with van der Waals surface area (Å²) in [5, 5.41) is 2.85. The van der Waals surface area contributed by atoms with Crippen molar-refractivity contribution in [1.29, 1.82) is 0 Å². The lowest BCUT2D eigenvalue weighted by Crippen LogP contribution is -2.18. The first kappa shape index (κ1) is 9.89. The van der Waals surface area contributed by atoms with Crippen LogP contribution in [-0.4, -0.2) is 15.9 Å². The number of H-pyrrole nitrogens is 1. The van der Waals surface area contributed by atoms with Crippen molar-refractivity contribution >= 4 is 17.5 Å². The zero-order valence-electron chi connectivity index (χ0n) is 9.16. The van der Waals surface area contributed by atoms with Gasteiger partial charge in [0.15, 0.2) is 5.95 Å². The molecular weight excluding hydrogens is 216 g/mol. The normalized spacial score (nSPS) is 14.2. The fourth-order valence-corrected chi connectivity index (χ4v) is 2.03. The molecule has 1 amide bonds. The summed E-state index contributed by atoms with van der Waals surface area (Å²) in [7, 11) is 0. The van der Waals surface area contributed by atoms with Crippen molar-refractivity contribution in [2.24, 2.45) is 0 Å². The summed E-state index contributed by atoms with van der Waals surface area (Å²) in [6.07, 6.45) is 3.03. The number of fused-ring (bicyclic) bond motifs is 1. The van der Waals surface area contributed by atoms with E-state index < -0.39 is 0 Å². The molecule has 1 aromatic heterocycles. The summed E-state index contributed by atoms with van der Waals surface area (Å²) >= 11 is 0. The van der Waals surface area contributed by atoms with E-state index in [0.717, 1.165) is 28.9 Å². The number of anilines is 2. The highest BCUT2D eigenvalue weighted by atomic mass is 16.1. The molecule has 5 nitrogen and oxygen atoms in total. The van der Waals surface area contributed by atoms with Crippen molar-refractivity contribution < 1.29 is 4.79 Å². The lowest BCUT2D eigenvalue weighted by Gasteiger charge is -2.17. The molecular formula is C12H12N4O. The van der Waals surface area contributed by atoms with Crippen molar-refractivity contribution in [3.05, 3.63) is 30.0 Å². The Kier molecular flexibility index (Phi) is 2.11. The number of nitrogen functional groups attached to an aromatic ring is 1. The average Bonchev–Trinajstić information content (AvgIpc) is 2.75. The Morgan fingerprint density at radius 1 is 1.29 bits per heavy atom. The van der Waals surface area contributed by atoms with E-state index in [1.807, 2.05) is 12.1 Å². The zero-order chi connectivity index (χ0) is 11.8. The molecule has 3 rings (SSSR count). The molecule has 4 N–H and O–H groups in total. The zero-order valence-corrected chi connectivity index (χ0v) is 9.16. The second-order valence-electron chi connectivity index (χ2n) is 4.10. The first-order valence-corrected chi connectivity index (χ1v) is 5.46. The maximum Gasteiger partial charge on any atom is 0.224 e. The molecule has 0 aliphatic carbocycles. The highest BCUT2D eigenvalue weighted by Crippen LogP contribution is 2.27. The Hall–Kier alpha value is -2.30. The van der Waals surface area contributed by atoms with Crippen LogP contribution in [0.2, 0.25) is 0 Å². The van der Waals surface area contributed by atoms with Gasteiger partial charge in [0.05, 0.1) is 11.9 Å². The van der Waals surface area contributed by atoms with Crippen molar-refractivity contribution in [2.75, 3.05) is 11.1 Å². The van der Waals surface area contributed by atoms with Crippen LogP contribution in [0.1, 0.15) is 12.0 Å². The molecule has 0 saturated carbocycles. The molecule has 0 radical (unpaired) electrons. The fraction of sp³-hybridized carbons (Fsp3) is 0.167. The number of imidazole rings is 1. The third-order valence-electron chi connectivity index (χ3n) is 2.91. The number of amides is 1. The van der Waals surface area contributed by atoms with Gasteiger partial charge in [0.25, 0.3) is 0 Å². The number of aromatic amines is 1. The molecule has 1 aliphatic heterocycles. The lowest BCUT2D eigenvalue weighted by atomic mass is 9.99. The molecule has 86 valence electrons. The smallest absolute Gasteiger partial charge is 0.224 e. The third kappa shape index (κ3) is 1.75. The molecule has 1 aliphatic rings. The number of carbonyl (C=O) groups excluding carboxylic acids is 1.